The average molecular weight is 274 g/mol. The van der Waals surface area contributed by atoms with Crippen molar-refractivity contribution in [2.75, 3.05) is 0 Å². The van der Waals surface area contributed by atoms with Crippen LogP contribution in [0.25, 0.3) is 0 Å². The van der Waals surface area contributed by atoms with E-state index in [0.717, 1.165) is 35.4 Å². The lowest BCUT2D eigenvalue weighted by atomic mass is 9.83. The molecule has 1 atom stereocenters. The normalized spacial score (nSPS) is 18.2. The van der Waals surface area contributed by atoms with E-state index in [0.29, 0.717) is 5.15 Å². The zero-order valence-corrected chi connectivity index (χ0v) is 11.9. The lowest BCUT2D eigenvalue weighted by Gasteiger charge is -2.25. The Labute approximate surface area is 118 Å². The molecule has 3 nitrogen and oxygen atoms in total. The number of nitrogens with zero attached hydrogens (tertiary/aromatic N) is 3. The van der Waals surface area contributed by atoms with Crippen LogP contribution in [0.4, 0.5) is 0 Å². The number of aryl methyl sites for hydroxylation is 1. The van der Waals surface area contributed by atoms with Gasteiger partial charge in [0.2, 0.25) is 0 Å². The lowest BCUT2D eigenvalue weighted by Crippen LogP contribution is -2.16. The maximum absolute atomic E-state index is 6.04. The van der Waals surface area contributed by atoms with Crippen LogP contribution in [0.15, 0.2) is 18.3 Å². The molecule has 4 heteroatoms. The Hall–Kier alpha value is -1.48. The summed E-state index contributed by atoms with van der Waals surface area (Å²) in [6.45, 7) is 4.07. The molecule has 0 aromatic carbocycles. The second-order valence-corrected chi connectivity index (χ2v) is 5.48. The van der Waals surface area contributed by atoms with Gasteiger partial charge in [-0.2, -0.15) is 5.10 Å². The van der Waals surface area contributed by atoms with Crippen LogP contribution in [0.3, 0.4) is 0 Å². The van der Waals surface area contributed by atoms with Crippen LogP contribution in [0.2, 0.25) is 5.15 Å². The van der Waals surface area contributed by atoms with Gasteiger partial charge in [-0.3, -0.25) is 4.98 Å². The van der Waals surface area contributed by atoms with E-state index in [-0.39, 0.29) is 5.92 Å². The van der Waals surface area contributed by atoms with Gasteiger partial charge in [-0.05, 0) is 55.9 Å². The minimum atomic E-state index is 0.258. The van der Waals surface area contributed by atoms with E-state index in [2.05, 4.69) is 28.2 Å². The second kappa shape index (κ2) is 4.89. The Bertz CT molecular complexity index is 625. The van der Waals surface area contributed by atoms with Gasteiger partial charge >= 0.3 is 0 Å². The Balaban J connectivity index is 2.12. The zero-order valence-electron chi connectivity index (χ0n) is 11.2. The van der Waals surface area contributed by atoms with Gasteiger partial charge in [-0.1, -0.05) is 17.7 Å². The summed E-state index contributed by atoms with van der Waals surface area (Å²) in [5.41, 5.74) is 5.69. The fourth-order valence-electron chi connectivity index (χ4n) is 2.80. The van der Waals surface area contributed by atoms with Crippen molar-refractivity contribution >= 4 is 11.6 Å². The molecule has 2 heterocycles. The molecule has 19 heavy (non-hydrogen) atoms. The molecule has 0 aliphatic heterocycles. The summed E-state index contributed by atoms with van der Waals surface area (Å²) in [4.78, 5) is 4.57. The fraction of sp³-hybridized carbons (Fsp3) is 0.400. The van der Waals surface area contributed by atoms with Crippen molar-refractivity contribution in [2.45, 2.75) is 39.0 Å². The highest BCUT2D eigenvalue weighted by molar-refractivity contribution is 6.30. The molecule has 1 aliphatic carbocycles. The molecule has 2 aromatic rings. The molecule has 0 saturated heterocycles. The summed E-state index contributed by atoms with van der Waals surface area (Å²) in [5.74, 6) is 0.258. The number of aromatic nitrogens is 3. The first-order chi connectivity index (χ1) is 9.18. The van der Waals surface area contributed by atoms with Crippen molar-refractivity contribution in [2.24, 2.45) is 0 Å². The molecule has 3 rings (SSSR count). The van der Waals surface area contributed by atoms with Gasteiger partial charge in [0, 0.05) is 12.1 Å². The number of fused-ring (bicyclic) bond motifs is 1. The SMILES string of the molecule is Cc1c(Cl)nnc(C2CCCc3cccnc32)c1C. The number of pyridine rings is 1. The third kappa shape index (κ3) is 2.12. The minimum Gasteiger partial charge on any atom is -0.260 e. The first-order valence-electron chi connectivity index (χ1n) is 6.61. The Morgan fingerprint density at radius 1 is 1.16 bits per heavy atom. The fourth-order valence-corrected chi connectivity index (χ4v) is 2.98. The monoisotopic (exact) mass is 273 g/mol. The van der Waals surface area contributed by atoms with Gasteiger partial charge in [0.15, 0.2) is 5.15 Å². The maximum Gasteiger partial charge on any atom is 0.154 e. The molecular formula is C15H16ClN3. The summed E-state index contributed by atoms with van der Waals surface area (Å²) >= 11 is 6.04. The van der Waals surface area contributed by atoms with E-state index >= 15 is 0 Å². The number of rotatable bonds is 1. The third-order valence-corrected chi connectivity index (χ3v) is 4.39. The topological polar surface area (TPSA) is 38.7 Å². The molecule has 0 amide bonds. The van der Waals surface area contributed by atoms with Gasteiger partial charge in [0.1, 0.15) is 0 Å². The predicted molar refractivity (Wildman–Crippen MR) is 75.5 cm³/mol. The summed E-state index contributed by atoms with van der Waals surface area (Å²) in [5, 5.41) is 8.91. The van der Waals surface area contributed by atoms with Crippen LogP contribution in [-0.4, -0.2) is 15.2 Å². The molecule has 98 valence electrons. The summed E-state index contributed by atoms with van der Waals surface area (Å²) < 4.78 is 0. The highest BCUT2D eigenvalue weighted by Crippen LogP contribution is 2.36. The van der Waals surface area contributed by atoms with Crippen molar-refractivity contribution in [1.29, 1.82) is 0 Å². The maximum atomic E-state index is 6.04. The van der Waals surface area contributed by atoms with Gasteiger partial charge in [0.25, 0.3) is 0 Å². The Kier molecular flexibility index (Phi) is 3.23. The van der Waals surface area contributed by atoms with Gasteiger partial charge in [-0.25, -0.2) is 0 Å². The number of halogens is 1. The smallest absolute Gasteiger partial charge is 0.154 e. The van der Waals surface area contributed by atoms with E-state index in [4.69, 9.17) is 11.6 Å². The second-order valence-electron chi connectivity index (χ2n) is 5.12. The lowest BCUT2D eigenvalue weighted by molar-refractivity contribution is 0.578. The third-order valence-electron chi connectivity index (χ3n) is 4.03. The van der Waals surface area contributed by atoms with Crippen LogP contribution in [0.5, 0.6) is 0 Å². The van der Waals surface area contributed by atoms with Gasteiger partial charge < -0.3 is 0 Å². The first-order valence-corrected chi connectivity index (χ1v) is 6.99. The van der Waals surface area contributed by atoms with Crippen LogP contribution >= 0.6 is 11.6 Å². The van der Waals surface area contributed by atoms with E-state index in [1.54, 1.807) is 0 Å². The van der Waals surface area contributed by atoms with Crippen molar-refractivity contribution < 1.29 is 0 Å². The molecular weight excluding hydrogens is 258 g/mol. The molecule has 1 unspecified atom stereocenters. The molecule has 0 radical (unpaired) electrons. The van der Waals surface area contributed by atoms with Crippen molar-refractivity contribution in [1.82, 2.24) is 15.2 Å². The summed E-state index contributed by atoms with van der Waals surface area (Å²) in [7, 11) is 0. The Morgan fingerprint density at radius 2 is 2.00 bits per heavy atom. The van der Waals surface area contributed by atoms with Gasteiger partial charge in [-0.15, -0.1) is 5.10 Å². The molecule has 0 saturated carbocycles. The van der Waals surface area contributed by atoms with Gasteiger partial charge in [0.05, 0.1) is 11.4 Å². The molecule has 0 spiro atoms. The minimum absolute atomic E-state index is 0.258. The molecule has 2 aromatic heterocycles. The van der Waals surface area contributed by atoms with Crippen LogP contribution in [0, 0.1) is 13.8 Å². The standard InChI is InChI=1S/C15H16ClN3/c1-9-10(2)15(16)19-18-13(9)12-7-3-5-11-6-4-8-17-14(11)12/h4,6,8,12H,3,5,7H2,1-2H3. The van der Waals surface area contributed by atoms with E-state index < -0.39 is 0 Å². The molecule has 0 fully saturated rings. The van der Waals surface area contributed by atoms with Crippen LogP contribution < -0.4 is 0 Å². The largest absolute Gasteiger partial charge is 0.260 e. The quantitative estimate of drug-likeness (QED) is 0.797. The molecule has 1 aliphatic rings. The summed E-state index contributed by atoms with van der Waals surface area (Å²) in [6, 6.07) is 4.17. The van der Waals surface area contributed by atoms with Crippen LogP contribution in [0.1, 0.15) is 46.8 Å². The Morgan fingerprint density at radius 3 is 2.84 bits per heavy atom. The number of hydrogen-bond donors (Lipinski definition) is 0. The highest BCUT2D eigenvalue weighted by atomic mass is 35.5. The predicted octanol–water partition coefficient (Wildman–Crippen LogP) is 3.61. The number of hydrogen-bond acceptors (Lipinski definition) is 3. The zero-order chi connectivity index (χ0) is 13.4. The molecule has 0 N–H and O–H groups in total. The average Bonchev–Trinajstić information content (AvgIpc) is 2.45. The van der Waals surface area contributed by atoms with E-state index in [9.17, 15) is 0 Å². The van der Waals surface area contributed by atoms with Crippen LogP contribution in [-0.2, 0) is 6.42 Å². The van der Waals surface area contributed by atoms with Crippen molar-refractivity contribution in [3.05, 3.63) is 51.6 Å². The van der Waals surface area contributed by atoms with E-state index in [1.165, 1.54) is 12.0 Å². The van der Waals surface area contributed by atoms with E-state index in [1.807, 2.05) is 19.2 Å². The highest BCUT2D eigenvalue weighted by Gasteiger charge is 2.26. The summed E-state index contributed by atoms with van der Waals surface area (Å²) in [6.07, 6.45) is 5.23. The first kappa shape index (κ1) is 12.5. The van der Waals surface area contributed by atoms with Crippen molar-refractivity contribution in [3.8, 4) is 0 Å². The van der Waals surface area contributed by atoms with Crippen molar-refractivity contribution in [3.63, 3.8) is 0 Å². The molecule has 0 bridgehead atoms.